The van der Waals surface area contributed by atoms with Crippen LogP contribution >= 0.6 is 15.9 Å². The van der Waals surface area contributed by atoms with Gasteiger partial charge in [-0.1, -0.05) is 71.7 Å². The second-order valence-corrected chi connectivity index (χ2v) is 6.85. The van der Waals surface area contributed by atoms with Gasteiger partial charge in [0.25, 0.3) is 0 Å². The molecule has 3 nitrogen and oxygen atoms in total. The predicted molar refractivity (Wildman–Crippen MR) is 88.9 cm³/mol. The van der Waals surface area contributed by atoms with Gasteiger partial charge in [0.15, 0.2) is 5.82 Å². The Kier molecular flexibility index (Phi) is 4.63. The highest BCUT2D eigenvalue weighted by atomic mass is 79.9. The molecule has 1 fully saturated rings. The van der Waals surface area contributed by atoms with E-state index in [4.69, 9.17) is 10.3 Å². The number of hydrogen-bond acceptors (Lipinski definition) is 3. The summed E-state index contributed by atoms with van der Waals surface area (Å²) >= 11 is 3.51. The molecule has 1 aliphatic rings. The van der Waals surface area contributed by atoms with Gasteiger partial charge in [-0.3, -0.25) is 0 Å². The molecule has 0 unspecified atom stereocenters. The monoisotopic (exact) mass is 348 g/mol. The van der Waals surface area contributed by atoms with Gasteiger partial charge in [0, 0.05) is 10.9 Å². The molecule has 0 aliphatic heterocycles. The zero-order valence-electron chi connectivity index (χ0n) is 12.1. The van der Waals surface area contributed by atoms with E-state index >= 15 is 0 Å². The molecule has 0 amide bonds. The first-order chi connectivity index (χ1) is 10.2. The van der Waals surface area contributed by atoms with Gasteiger partial charge in [-0.2, -0.15) is 0 Å². The fourth-order valence-electron chi connectivity index (χ4n) is 3.26. The van der Waals surface area contributed by atoms with E-state index in [2.05, 4.69) is 33.2 Å². The van der Waals surface area contributed by atoms with E-state index in [1.807, 2.05) is 12.1 Å². The molecule has 4 heteroatoms. The topological polar surface area (TPSA) is 52.0 Å². The molecule has 1 heterocycles. The predicted octanol–water partition coefficient (Wildman–Crippen LogP) is 5.20. The summed E-state index contributed by atoms with van der Waals surface area (Å²) in [5, 5.41) is 4.00. The lowest BCUT2D eigenvalue weighted by Crippen LogP contribution is -2.03. The Labute approximate surface area is 134 Å². The van der Waals surface area contributed by atoms with Crippen LogP contribution in [0.15, 0.2) is 33.3 Å². The molecule has 1 saturated carbocycles. The van der Waals surface area contributed by atoms with Crippen LogP contribution in [0, 0.1) is 5.92 Å². The lowest BCUT2D eigenvalue weighted by atomic mass is 9.92. The van der Waals surface area contributed by atoms with Crippen molar-refractivity contribution < 1.29 is 4.52 Å². The summed E-state index contributed by atoms with van der Waals surface area (Å²) in [6.07, 6.45) is 8.94. The van der Waals surface area contributed by atoms with Crippen LogP contribution in [-0.4, -0.2) is 5.16 Å². The average Bonchev–Trinajstić information content (AvgIpc) is 2.67. The maximum atomic E-state index is 6.04. The normalized spacial score (nSPS) is 16.8. The van der Waals surface area contributed by atoms with Crippen molar-refractivity contribution >= 4 is 21.7 Å². The van der Waals surface area contributed by atoms with Crippen molar-refractivity contribution in [3.63, 3.8) is 0 Å². The summed E-state index contributed by atoms with van der Waals surface area (Å²) in [7, 11) is 0. The quantitative estimate of drug-likeness (QED) is 0.775. The van der Waals surface area contributed by atoms with Crippen molar-refractivity contribution in [2.24, 2.45) is 5.92 Å². The fourth-order valence-corrected chi connectivity index (χ4v) is 3.66. The summed E-state index contributed by atoms with van der Waals surface area (Å²) in [5.41, 5.74) is 8.09. The van der Waals surface area contributed by atoms with E-state index in [9.17, 15) is 0 Å². The minimum atomic E-state index is 0.497. The Balaban J connectivity index is 1.86. The van der Waals surface area contributed by atoms with Crippen molar-refractivity contribution in [1.82, 2.24) is 5.16 Å². The van der Waals surface area contributed by atoms with Crippen LogP contribution in [0.2, 0.25) is 0 Å². The SMILES string of the molecule is Nc1noc(CC2CCCCCC2)c1-c1cccc(Br)c1. The Morgan fingerprint density at radius 2 is 1.95 bits per heavy atom. The number of benzene rings is 1. The standard InChI is InChI=1S/C17H21BrN2O/c18-14-9-5-8-13(11-14)16-15(21-20-17(16)19)10-12-6-3-1-2-4-7-12/h5,8-9,11-12H,1-4,6-7,10H2,(H2,19,20). The molecule has 21 heavy (non-hydrogen) atoms. The number of hydrogen-bond donors (Lipinski definition) is 1. The first-order valence-corrected chi connectivity index (χ1v) is 8.53. The Hall–Kier alpha value is -1.29. The number of nitrogens with two attached hydrogens (primary N) is 1. The molecule has 2 aromatic rings. The molecule has 3 rings (SSSR count). The van der Waals surface area contributed by atoms with E-state index in [0.717, 1.165) is 27.8 Å². The molecule has 2 N–H and O–H groups in total. The van der Waals surface area contributed by atoms with Crippen LogP contribution in [0.25, 0.3) is 11.1 Å². The average molecular weight is 349 g/mol. The van der Waals surface area contributed by atoms with Crippen molar-refractivity contribution in [1.29, 1.82) is 0 Å². The number of aromatic nitrogens is 1. The second-order valence-electron chi connectivity index (χ2n) is 5.94. The van der Waals surface area contributed by atoms with Gasteiger partial charge in [-0.15, -0.1) is 0 Å². The van der Waals surface area contributed by atoms with Gasteiger partial charge in [-0.25, -0.2) is 0 Å². The van der Waals surface area contributed by atoms with Gasteiger partial charge in [0.2, 0.25) is 0 Å². The van der Waals surface area contributed by atoms with E-state index < -0.39 is 0 Å². The third kappa shape index (κ3) is 3.49. The third-order valence-electron chi connectivity index (χ3n) is 4.35. The summed E-state index contributed by atoms with van der Waals surface area (Å²) < 4.78 is 6.59. The largest absolute Gasteiger partial charge is 0.380 e. The summed E-state index contributed by atoms with van der Waals surface area (Å²) in [5.74, 6) is 2.14. The molecule has 0 bridgehead atoms. The molecule has 1 aliphatic carbocycles. The number of halogens is 1. The maximum absolute atomic E-state index is 6.04. The molecule has 0 atom stereocenters. The second kappa shape index (κ2) is 6.65. The summed E-state index contributed by atoms with van der Waals surface area (Å²) in [6.45, 7) is 0. The smallest absolute Gasteiger partial charge is 0.175 e. The van der Waals surface area contributed by atoms with E-state index in [-0.39, 0.29) is 0 Å². The molecule has 0 saturated heterocycles. The Bertz CT molecular complexity index is 601. The van der Waals surface area contributed by atoms with Crippen molar-refractivity contribution in [3.8, 4) is 11.1 Å². The minimum Gasteiger partial charge on any atom is -0.380 e. The van der Waals surface area contributed by atoms with Crippen molar-refractivity contribution in [2.75, 3.05) is 5.73 Å². The molecular weight excluding hydrogens is 328 g/mol. The Morgan fingerprint density at radius 3 is 2.67 bits per heavy atom. The van der Waals surface area contributed by atoms with Crippen LogP contribution < -0.4 is 5.73 Å². The number of rotatable bonds is 3. The number of nitrogen functional groups attached to an aromatic ring is 1. The van der Waals surface area contributed by atoms with Crippen LogP contribution in [0.4, 0.5) is 5.82 Å². The van der Waals surface area contributed by atoms with E-state index in [0.29, 0.717) is 11.7 Å². The van der Waals surface area contributed by atoms with Gasteiger partial charge in [0.05, 0.1) is 5.56 Å². The molecular formula is C17H21BrN2O. The first kappa shape index (κ1) is 14.6. The van der Waals surface area contributed by atoms with Gasteiger partial charge < -0.3 is 10.3 Å². The van der Waals surface area contributed by atoms with Crippen LogP contribution in [0.3, 0.4) is 0 Å². The van der Waals surface area contributed by atoms with Crippen molar-refractivity contribution in [2.45, 2.75) is 44.9 Å². The third-order valence-corrected chi connectivity index (χ3v) is 4.84. The molecule has 1 aromatic carbocycles. The molecule has 0 spiro atoms. The van der Waals surface area contributed by atoms with Gasteiger partial charge >= 0.3 is 0 Å². The molecule has 0 radical (unpaired) electrons. The molecule has 1 aromatic heterocycles. The lowest BCUT2D eigenvalue weighted by molar-refractivity contribution is 0.347. The summed E-state index contributed by atoms with van der Waals surface area (Å²) in [6, 6.07) is 8.16. The highest BCUT2D eigenvalue weighted by molar-refractivity contribution is 9.10. The lowest BCUT2D eigenvalue weighted by Gasteiger charge is -2.12. The fraction of sp³-hybridized carbons (Fsp3) is 0.471. The van der Waals surface area contributed by atoms with E-state index in [1.165, 1.54) is 38.5 Å². The highest BCUT2D eigenvalue weighted by Crippen LogP contribution is 2.35. The number of anilines is 1. The highest BCUT2D eigenvalue weighted by Gasteiger charge is 2.21. The van der Waals surface area contributed by atoms with Crippen LogP contribution in [0.5, 0.6) is 0 Å². The van der Waals surface area contributed by atoms with E-state index in [1.54, 1.807) is 0 Å². The molecule has 112 valence electrons. The maximum Gasteiger partial charge on any atom is 0.175 e. The minimum absolute atomic E-state index is 0.497. The van der Waals surface area contributed by atoms with Crippen LogP contribution in [-0.2, 0) is 6.42 Å². The van der Waals surface area contributed by atoms with Gasteiger partial charge in [0.1, 0.15) is 5.76 Å². The Morgan fingerprint density at radius 1 is 1.19 bits per heavy atom. The van der Waals surface area contributed by atoms with Crippen LogP contribution in [0.1, 0.15) is 44.3 Å². The van der Waals surface area contributed by atoms with Gasteiger partial charge in [-0.05, 0) is 23.6 Å². The zero-order chi connectivity index (χ0) is 14.7. The number of nitrogens with zero attached hydrogens (tertiary/aromatic N) is 1. The van der Waals surface area contributed by atoms with Crippen molar-refractivity contribution in [3.05, 3.63) is 34.5 Å². The first-order valence-electron chi connectivity index (χ1n) is 7.74. The zero-order valence-corrected chi connectivity index (χ0v) is 13.7. The summed E-state index contributed by atoms with van der Waals surface area (Å²) in [4.78, 5) is 0.